The summed E-state index contributed by atoms with van der Waals surface area (Å²) in [6, 6.07) is 11.9. The molecule has 0 bridgehead atoms. The normalized spacial score (nSPS) is 10.8. The van der Waals surface area contributed by atoms with Gasteiger partial charge >= 0.3 is 12.0 Å². The molecule has 0 saturated carbocycles. The van der Waals surface area contributed by atoms with Crippen LogP contribution in [0, 0.1) is 6.92 Å². The number of anilines is 1. The molecule has 1 N–H and O–H groups in total. The van der Waals surface area contributed by atoms with Gasteiger partial charge in [-0.3, -0.25) is 10.1 Å². The second-order valence-corrected chi connectivity index (χ2v) is 8.10. The lowest BCUT2D eigenvalue weighted by atomic mass is 10.1. The predicted octanol–water partition coefficient (Wildman–Crippen LogP) is 5.83. The fourth-order valence-corrected chi connectivity index (χ4v) is 3.79. The van der Waals surface area contributed by atoms with E-state index >= 15 is 0 Å². The summed E-state index contributed by atoms with van der Waals surface area (Å²) < 4.78 is 11.3. The molecule has 0 aliphatic rings. The molecule has 8 nitrogen and oxygen atoms in total. The maximum Gasteiger partial charge on any atom is 0.360 e. The van der Waals surface area contributed by atoms with Crippen LogP contribution in [0.5, 0.6) is 0 Å². The third-order valence-corrected chi connectivity index (χ3v) is 5.50. The second kappa shape index (κ2) is 9.27. The number of oxazole rings is 1. The number of nitrogens with one attached hydrogen (secondary N) is 1. The van der Waals surface area contributed by atoms with Gasteiger partial charge in [0, 0.05) is 21.2 Å². The topological polar surface area (TPSA) is 99.2 Å². The van der Waals surface area contributed by atoms with Crippen molar-refractivity contribution in [2.75, 3.05) is 12.4 Å². The van der Waals surface area contributed by atoms with Crippen molar-refractivity contribution in [2.45, 2.75) is 6.92 Å². The number of aromatic nitrogens is 3. The maximum atomic E-state index is 13.0. The average Bonchev–Trinajstić information content (AvgIpc) is 3.38. The van der Waals surface area contributed by atoms with Crippen molar-refractivity contribution in [3.05, 3.63) is 80.7 Å². The number of carbonyl (C=O) groups is 2. The molecular weight excluding hydrogens is 491 g/mol. The highest BCUT2D eigenvalue weighted by atomic mass is 35.5. The number of ether oxygens (including phenoxy) is 1. The minimum atomic E-state index is -0.692. The van der Waals surface area contributed by atoms with Crippen LogP contribution in [0.2, 0.25) is 15.1 Å². The van der Waals surface area contributed by atoms with Gasteiger partial charge in [0.25, 0.3) is 5.91 Å². The molecule has 2 aromatic heterocycles. The van der Waals surface area contributed by atoms with E-state index in [-0.39, 0.29) is 17.4 Å². The molecule has 2 aromatic carbocycles. The van der Waals surface area contributed by atoms with E-state index in [4.69, 9.17) is 39.2 Å². The summed E-state index contributed by atoms with van der Waals surface area (Å²) in [5, 5.41) is 8.38. The van der Waals surface area contributed by atoms with E-state index in [1.54, 1.807) is 41.9 Å². The summed E-state index contributed by atoms with van der Waals surface area (Å²) in [5.41, 5.74) is 2.51. The van der Waals surface area contributed by atoms with Crippen molar-refractivity contribution in [2.24, 2.45) is 0 Å². The van der Waals surface area contributed by atoms with Crippen molar-refractivity contribution in [3.63, 3.8) is 0 Å². The van der Waals surface area contributed by atoms with Gasteiger partial charge in [0.05, 0.1) is 23.5 Å². The molecule has 0 spiro atoms. The van der Waals surface area contributed by atoms with Crippen molar-refractivity contribution in [3.8, 4) is 16.9 Å². The molecule has 0 aliphatic heterocycles. The number of hydrogen-bond acceptors (Lipinski definition) is 6. The Balaban J connectivity index is 1.79. The molecule has 0 unspecified atom stereocenters. The van der Waals surface area contributed by atoms with Gasteiger partial charge in [-0.1, -0.05) is 46.9 Å². The number of rotatable bonds is 5. The van der Waals surface area contributed by atoms with Crippen LogP contribution < -0.4 is 5.32 Å². The molecule has 0 fully saturated rings. The van der Waals surface area contributed by atoms with E-state index < -0.39 is 11.9 Å². The van der Waals surface area contributed by atoms with Gasteiger partial charge in [-0.05, 0) is 37.3 Å². The van der Waals surface area contributed by atoms with Gasteiger partial charge in [-0.15, -0.1) is 0 Å². The zero-order chi connectivity index (χ0) is 23.7. The zero-order valence-corrected chi connectivity index (χ0v) is 19.5. The lowest BCUT2D eigenvalue weighted by molar-refractivity contribution is 0.0594. The van der Waals surface area contributed by atoms with E-state index in [1.807, 2.05) is 12.1 Å². The minimum absolute atomic E-state index is 0.0788. The summed E-state index contributed by atoms with van der Waals surface area (Å²) in [5.74, 6) is -1.29. The summed E-state index contributed by atoms with van der Waals surface area (Å²) in [6.45, 7) is 1.75. The zero-order valence-electron chi connectivity index (χ0n) is 17.2. The Kier molecular flexibility index (Phi) is 6.42. The molecule has 4 rings (SSSR count). The van der Waals surface area contributed by atoms with Crippen LogP contribution in [0.25, 0.3) is 16.9 Å². The first-order valence-corrected chi connectivity index (χ1v) is 10.6. The summed E-state index contributed by atoms with van der Waals surface area (Å²) >= 11 is 18.5. The van der Waals surface area contributed by atoms with Gasteiger partial charge in [0.1, 0.15) is 6.26 Å². The second-order valence-electron chi connectivity index (χ2n) is 6.82. The molecule has 33 heavy (non-hydrogen) atoms. The fraction of sp³-hybridized carbons (Fsp3) is 0.0909. The van der Waals surface area contributed by atoms with Gasteiger partial charge in [0.15, 0.2) is 11.4 Å². The molecule has 1 amide bonds. The van der Waals surface area contributed by atoms with Crippen molar-refractivity contribution >= 4 is 52.7 Å². The SMILES string of the molecule is COC(=O)c1coc(NC(=O)c2nn(-c3ccc(Cl)cc3Cl)c(-c3ccc(Cl)cc3)c2C)n1. The van der Waals surface area contributed by atoms with Crippen LogP contribution in [0.15, 0.2) is 53.1 Å². The van der Waals surface area contributed by atoms with Crippen molar-refractivity contribution in [1.29, 1.82) is 0 Å². The van der Waals surface area contributed by atoms with Crippen molar-refractivity contribution < 1.29 is 18.7 Å². The van der Waals surface area contributed by atoms with E-state index in [9.17, 15) is 9.59 Å². The standard InChI is InChI=1S/C22H15Cl3N4O4/c1-11-18(20(30)27-22-26-16(10-33-22)21(31)32-2)28-29(17-8-7-14(24)9-15(17)25)19(11)12-3-5-13(23)6-4-12/h3-10H,1-2H3,(H,26,27,30). The molecule has 0 aliphatic carbocycles. The van der Waals surface area contributed by atoms with E-state index in [0.717, 1.165) is 11.8 Å². The number of carbonyl (C=O) groups excluding carboxylic acids is 2. The number of esters is 1. The molecule has 4 aromatic rings. The number of methoxy groups -OCH3 is 1. The number of halogens is 3. The van der Waals surface area contributed by atoms with Crippen LogP contribution in [0.3, 0.4) is 0 Å². The Bertz CT molecular complexity index is 1360. The van der Waals surface area contributed by atoms with Crippen LogP contribution in [-0.4, -0.2) is 33.8 Å². The summed E-state index contributed by atoms with van der Waals surface area (Å²) in [6.07, 6.45) is 1.08. The van der Waals surface area contributed by atoms with Crippen LogP contribution in [-0.2, 0) is 4.74 Å². The summed E-state index contributed by atoms with van der Waals surface area (Å²) in [4.78, 5) is 28.5. The molecule has 0 radical (unpaired) electrons. The Hall–Kier alpha value is -3.33. The first-order chi connectivity index (χ1) is 15.8. The highest BCUT2D eigenvalue weighted by molar-refractivity contribution is 6.35. The Morgan fingerprint density at radius 1 is 1.06 bits per heavy atom. The molecule has 11 heteroatoms. The Morgan fingerprint density at radius 3 is 2.42 bits per heavy atom. The molecule has 2 heterocycles. The monoisotopic (exact) mass is 504 g/mol. The quantitative estimate of drug-likeness (QED) is 0.342. The number of benzene rings is 2. The van der Waals surface area contributed by atoms with Gasteiger partial charge in [-0.25, -0.2) is 9.48 Å². The highest BCUT2D eigenvalue weighted by Gasteiger charge is 2.24. The molecule has 168 valence electrons. The maximum absolute atomic E-state index is 13.0. The lowest BCUT2D eigenvalue weighted by Crippen LogP contribution is -2.15. The smallest absolute Gasteiger partial charge is 0.360 e. The highest BCUT2D eigenvalue weighted by Crippen LogP contribution is 2.33. The third-order valence-electron chi connectivity index (χ3n) is 4.71. The number of hydrogen-bond donors (Lipinski definition) is 1. The van der Waals surface area contributed by atoms with E-state index in [0.29, 0.717) is 32.0 Å². The van der Waals surface area contributed by atoms with E-state index in [1.165, 1.54) is 7.11 Å². The van der Waals surface area contributed by atoms with Gasteiger partial charge in [0.2, 0.25) is 0 Å². The number of amides is 1. The van der Waals surface area contributed by atoms with Crippen LogP contribution in [0.1, 0.15) is 26.5 Å². The van der Waals surface area contributed by atoms with Crippen LogP contribution in [0.4, 0.5) is 6.01 Å². The average molecular weight is 506 g/mol. The summed E-state index contributed by atoms with van der Waals surface area (Å²) in [7, 11) is 1.21. The minimum Gasteiger partial charge on any atom is -0.464 e. The Labute approximate surface area is 203 Å². The first kappa shape index (κ1) is 22.8. The largest absolute Gasteiger partial charge is 0.464 e. The molecular formula is C22H15Cl3N4O4. The molecule has 0 atom stereocenters. The Morgan fingerprint density at radius 2 is 1.76 bits per heavy atom. The fourth-order valence-electron chi connectivity index (χ4n) is 3.17. The predicted molar refractivity (Wildman–Crippen MR) is 125 cm³/mol. The van der Waals surface area contributed by atoms with Crippen molar-refractivity contribution in [1.82, 2.24) is 14.8 Å². The van der Waals surface area contributed by atoms with Gasteiger partial charge < -0.3 is 9.15 Å². The van der Waals surface area contributed by atoms with Gasteiger partial charge in [-0.2, -0.15) is 10.1 Å². The number of nitrogens with zero attached hydrogens (tertiary/aromatic N) is 3. The van der Waals surface area contributed by atoms with E-state index in [2.05, 4.69) is 20.1 Å². The van der Waals surface area contributed by atoms with Crippen LogP contribution >= 0.6 is 34.8 Å². The lowest BCUT2D eigenvalue weighted by Gasteiger charge is -2.11. The molecule has 0 saturated heterocycles. The first-order valence-electron chi connectivity index (χ1n) is 9.44. The third kappa shape index (κ3) is 4.59.